The minimum atomic E-state index is -1.14. The minimum absolute atomic E-state index is 0.183. The van der Waals surface area contributed by atoms with Gasteiger partial charge in [0.15, 0.2) is 11.2 Å². The standard InChI is InChI=1S/C27H35NO5.C22H27NO3/c1-26(2,3)33-25(30)28-16-10-14-22(18-28)21-13-9-15-23(17-21)32-27(4,5)24(29)31-19-20-11-7-6-8-12-20;1-22(2,21(24)25-16-17-8-4-3-5-9-17)26-20-12-6-10-18(14-20)19-11-7-13-23-15-19/h6-9,11-13,15,17,22H,10,14,16,18-19H2,1-5H3;3-6,8-10,12,14,19,23H,7,11,13,15-16H2,1-2H3. The molecule has 0 aromatic heterocycles. The van der Waals surface area contributed by atoms with Crippen molar-refractivity contribution >= 4 is 18.0 Å². The van der Waals surface area contributed by atoms with Crippen molar-refractivity contribution in [3.8, 4) is 11.5 Å². The van der Waals surface area contributed by atoms with Gasteiger partial charge in [-0.05, 0) is 133 Å². The van der Waals surface area contributed by atoms with Crippen molar-refractivity contribution in [3.05, 3.63) is 131 Å². The number of nitrogens with one attached hydrogen (secondary N) is 1. The zero-order valence-electron chi connectivity index (χ0n) is 35.8. The van der Waals surface area contributed by atoms with E-state index in [1.807, 2.05) is 124 Å². The molecule has 1 N–H and O–H groups in total. The molecule has 0 aliphatic carbocycles. The Balaban J connectivity index is 0.000000230. The van der Waals surface area contributed by atoms with Crippen LogP contribution in [-0.4, -0.2) is 65.9 Å². The number of nitrogens with zero attached hydrogens (tertiary/aromatic N) is 1. The zero-order valence-corrected chi connectivity index (χ0v) is 35.8. The van der Waals surface area contributed by atoms with Gasteiger partial charge in [-0.3, -0.25) is 0 Å². The second kappa shape index (κ2) is 20.6. The molecule has 2 aliphatic heterocycles. The predicted molar refractivity (Wildman–Crippen MR) is 229 cm³/mol. The van der Waals surface area contributed by atoms with Crippen LogP contribution in [0.2, 0.25) is 0 Å². The molecule has 2 unspecified atom stereocenters. The Labute approximate surface area is 350 Å². The zero-order chi connectivity index (χ0) is 42.5. The number of likely N-dealkylation sites (tertiary alicyclic amines) is 1. The molecule has 2 saturated heterocycles. The van der Waals surface area contributed by atoms with Crippen molar-refractivity contribution in [1.82, 2.24) is 10.2 Å². The Kier molecular flexibility index (Phi) is 15.6. The van der Waals surface area contributed by atoms with E-state index < -0.39 is 22.8 Å². The Bertz CT molecular complexity index is 1950. The number of piperidine rings is 2. The molecular formula is C49H62N2O8. The van der Waals surface area contributed by atoms with Gasteiger partial charge in [-0.1, -0.05) is 84.9 Å². The van der Waals surface area contributed by atoms with Gasteiger partial charge in [-0.2, -0.15) is 0 Å². The van der Waals surface area contributed by atoms with Crippen LogP contribution < -0.4 is 14.8 Å². The lowest BCUT2D eigenvalue weighted by atomic mass is 9.90. The molecule has 4 aromatic carbocycles. The average molecular weight is 807 g/mol. The number of esters is 2. The van der Waals surface area contributed by atoms with Gasteiger partial charge in [0.25, 0.3) is 0 Å². The highest BCUT2D eigenvalue weighted by Crippen LogP contribution is 2.32. The van der Waals surface area contributed by atoms with Gasteiger partial charge < -0.3 is 33.9 Å². The molecule has 0 bridgehead atoms. The largest absolute Gasteiger partial charge is 0.476 e. The number of carbonyl (C=O) groups is 3. The van der Waals surface area contributed by atoms with E-state index in [0.29, 0.717) is 30.5 Å². The summed E-state index contributed by atoms with van der Waals surface area (Å²) in [6.45, 7) is 16.4. The van der Waals surface area contributed by atoms with Gasteiger partial charge in [-0.15, -0.1) is 0 Å². The maximum Gasteiger partial charge on any atom is 0.410 e. The number of ether oxygens (including phenoxy) is 5. The van der Waals surface area contributed by atoms with Crippen molar-refractivity contribution < 1.29 is 38.1 Å². The second-order valence-corrected chi connectivity index (χ2v) is 17.3. The first-order chi connectivity index (χ1) is 28.1. The Morgan fingerprint density at radius 3 is 1.59 bits per heavy atom. The van der Waals surface area contributed by atoms with Crippen LogP contribution in [0.4, 0.5) is 4.79 Å². The SMILES string of the molecule is CC(C)(C)OC(=O)N1CCCC(c2cccc(OC(C)(C)C(=O)OCc3ccccc3)c2)C1.CC(C)(Oc1cccc(C2CCCNC2)c1)C(=O)OCc1ccccc1. The van der Waals surface area contributed by atoms with Gasteiger partial charge in [0.05, 0.1) is 0 Å². The molecule has 6 rings (SSSR count). The monoisotopic (exact) mass is 806 g/mol. The summed E-state index contributed by atoms with van der Waals surface area (Å²) in [5.74, 6) is 1.19. The molecule has 10 nitrogen and oxygen atoms in total. The summed E-state index contributed by atoms with van der Waals surface area (Å²) >= 11 is 0. The number of benzene rings is 4. The van der Waals surface area contributed by atoms with Gasteiger partial charge in [0.1, 0.15) is 30.3 Å². The number of carbonyl (C=O) groups excluding carboxylic acids is 3. The van der Waals surface area contributed by atoms with E-state index in [1.165, 1.54) is 18.4 Å². The highest BCUT2D eigenvalue weighted by atomic mass is 16.6. The quantitative estimate of drug-likeness (QED) is 0.110. The molecule has 59 heavy (non-hydrogen) atoms. The van der Waals surface area contributed by atoms with E-state index in [2.05, 4.69) is 11.4 Å². The summed E-state index contributed by atoms with van der Waals surface area (Å²) in [6, 6.07) is 35.0. The van der Waals surface area contributed by atoms with Crippen LogP contribution in [0.3, 0.4) is 0 Å². The Morgan fingerprint density at radius 1 is 0.627 bits per heavy atom. The summed E-state index contributed by atoms with van der Waals surface area (Å²) in [7, 11) is 0. The average Bonchev–Trinajstić information content (AvgIpc) is 3.22. The molecule has 0 saturated carbocycles. The fourth-order valence-corrected chi connectivity index (χ4v) is 7.01. The van der Waals surface area contributed by atoms with Crippen molar-refractivity contribution in [2.24, 2.45) is 0 Å². The smallest absolute Gasteiger partial charge is 0.410 e. The summed E-state index contributed by atoms with van der Waals surface area (Å²) < 4.78 is 28.5. The van der Waals surface area contributed by atoms with Crippen LogP contribution in [0, 0.1) is 0 Å². The van der Waals surface area contributed by atoms with Gasteiger partial charge >= 0.3 is 18.0 Å². The summed E-state index contributed by atoms with van der Waals surface area (Å²) in [4.78, 5) is 39.4. The van der Waals surface area contributed by atoms with E-state index in [4.69, 9.17) is 23.7 Å². The van der Waals surface area contributed by atoms with Crippen molar-refractivity contribution in [1.29, 1.82) is 0 Å². The molecular weight excluding hydrogens is 745 g/mol. The van der Waals surface area contributed by atoms with Crippen molar-refractivity contribution in [2.45, 2.75) is 116 Å². The Hall–Kier alpha value is -5.35. The minimum Gasteiger partial charge on any atom is -0.476 e. The second-order valence-electron chi connectivity index (χ2n) is 17.3. The molecule has 316 valence electrons. The molecule has 10 heteroatoms. The van der Waals surface area contributed by atoms with Crippen LogP contribution in [0.1, 0.15) is 108 Å². The van der Waals surface area contributed by atoms with E-state index in [1.54, 1.807) is 32.6 Å². The van der Waals surface area contributed by atoms with Crippen LogP contribution >= 0.6 is 0 Å². The normalized spacial score (nSPS) is 17.1. The van der Waals surface area contributed by atoms with Gasteiger partial charge in [0, 0.05) is 25.6 Å². The van der Waals surface area contributed by atoms with Crippen molar-refractivity contribution in [2.75, 3.05) is 26.2 Å². The summed E-state index contributed by atoms with van der Waals surface area (Å²) in [5.41, 5.74) is 1.52. The number of hydrogen-bond donors (Lipinski definition) is 1. The topological polar surface area (TPSA) is 113 Å². The third-order valence-corrected chi connectivity index (χ3v) is 10.2. The van der Waals surface area contributed by atoms with Crippen LogP contribution in [-0.2, 0) is 37.0 Å². The first-order valence-electron chi connectivity index (χ1n) is 20.8. The summed E-state index contributed by atoms with van der Waals surface area (Å²) in [5, 5.41) is 3.44. The van der Waals surface area contributed by atoms with Crippen LogP contribution in [0.5, 0.6) is 11.5 Å². The van der Waals surface area contributed by atoms with Gasteiger partial charge in [-0.25, -0.2) is 14.4 Å². The Morgan fingerprint density at radius 2 is 1.12 bits per heavy atom. The maximum atomic E-state index is 12.7. The highest BCUT2D eigenvalue weighted by Gasteiger charge is 2.34. The van der Waals surface area contributed by atoms with E-state index >= 15 is 0 Å². The fourth-order valence-electron chi connectivity index (χ4n) is 7.01. The maximum absolute atomic E-state index is 12.7. The van der Waals surface area contributed by atoms with Crippen LogP contribution in [0.25, 0.3) is 0 Å². The highest BCUT2D eigenvalue weighted by molar-refractivity contribution is 5.79. The molecule has 4 aromatic rings. The first-order valence-corrected chi connectivity index (χ1v) is 20.8. The fraction of sp³-hybridized carbons (Fsp3) is 0.449. The number of amides is 1. The lowest BCUT2D eigenvalue weighted by Gasteiger charge is -2.34. The number of rotatable bonds is 12. The number of hydrogen-bond acceptors (Lipinski definition) is 9. The lowest BCUT2D eigenvalue weighted by Crippen LogP contribution is -2.42. The molecule has 0 spiro atoms. The molecule has 2 heterocycles. The molecule has 0 radical (unpaired) electrons. The van der Waals surface area contributed by atoms with E-state index in [9.17, 15) is 14.4 Å². The van der Waals surface area contributed by atoms with Gasteiger partial charge in [0.2, 0.25) is 0 Å². The first kappa shape index (κ1) is 44.7. The molecule has 2 atom stereocenters. The van der Waals surface area contributed by atoms with Crippen LogP contribution in [0.15, 0.2) is 109 Å². The predicted octanol–water partition coefficient (Wildman–Crippen LogP) is 9.76. The molecule has 2 aliphatic rings. The molecule has 1 amide bonds. The molecule has 2 fully saturated rings. The third kappa shape index (κ3) is 14.2. The summed E-state index contributed by atoms with van der Waals surface area (Å²) in [6.07, 6.45) is 3.98. The third-order valence-electron chi connectivity index (χ3n) is 10.2. The van der Waals surface area contributed by atoms with Crippen molar-refractivity contribution in [3.63, 3.8) is 0 Å². The van der Waals surface area contributed by atoms with E-state index in [-0.39, 0.29) is 31.2 Å². The van der Waals surface area contributed by atoms with E-state index in [0.717, 1.165) is 42.6 Å². The lowest BCUT2D eigenvalue weighted by molar-refractivity contribution is -0.161.